The number of aromatic nitrogens is 2. The van der Waals surface area contributed by atoms with Crippen molar-refractivity contribution < 1.29 is 15.0 Å². The summed E-state index contributed by atoms with van der Waals surface area (Å²) < 4.78 is 1.36. The van der Waals surface area contributed by atoms with Crippen LogP contribution < -0.4 is 0 Å². The first kappa shape index (κ1) is 10.5. The average Bonchev–Trinajstić information content (AvgIpc) is 2.61. The van der Waals surface area contributed by atoms with E-state index in [0.29, 0.717) is 0 Å². The van der Waals surface area contributed by atoms with Crippen molar-refractivity contribution in [2.75, 3.05) is 6.61 Å². The zero-order valence-corrected chi connectivity index (χ0v) is 7.79. The lowest BCUT2D eigenvalue weighted by Gasteiger charge is -2.04. The zero-order chi connectivity index (χ0) is 10.6. The number of hydrogen-bond acceptors (Lipinski definition) is 3. The fourth-order valence-electron chi connectivity index (χ4n) is 0.953. The SMILES string of the molecule is C[C@@H](C(=O)O)n1cc(C=CCO)cn1. The number of aliphatic carboxylic acids is 1. The van der Waals surface area contributed by atoms with E-state index in [1.807, 2.05) is 0 Å². The summed E-state index contributed by atoms with van der Waals surface area (Å²) in [6.45, 7) is 1.51. The Morgan fingerprint density at radius 2 is 2.50 bits per heavy atom. The molecule has 2 N–H and O–H groups in total. The first-order valence-corrected chi connectivity index (χ1v) is 4.19. The normalized spacial score (nSPS) is 13.3. The Morgan fingerprint density at radius 1 is 1.79 bits per heavy atom. The predicted molar refractivity (Wildman–Crippen MR) is 50.7 cm³/mol. The minimum Gasteiger partial charge on any atom is -0.480 e. The van der Waals surface area contributed by atoms with E-state index in [2.05, 4.69) is 5.10 Å². The van der Waals surface area contributed by atoms with Gasteiger partial charge in [-0.2, -0.15) is 5.10 Å². The van der Waals surface area contributed by atoms with Crippen LogP contribution in [0.25, 0.3) is 6.08 Å². The van der Waals surface area contributed by atoms with Gasteiger partial charge in [-0.05, 0) is 6.92 Å². The van der Waals surface area contributed by atoms with Gasteiger partial charge in [0.25, 0.3) is 0 Å². The molecule has 0 unspecified atom stereocenters. The highest BCUT2D eigenvalue weighted by atomic mass is 16.4. The third-order valence-electron chi connectivity index (χ3n) is 1.79. The van der Waals surface area contributed by atoms with Crippen LogP contribution in [0.15, 0.2) is 18.5 Å². The van der Waals surface area contributed by atoms with Gasteiger partial charge in [0.2, 0.25) is 0 Å². The Bertz CT molecular complexity index is 344. The molecule has 5 nitrogen and oxygen atoms in total. The van der Waals surface area contributed by atoms with Gasteiger partial charge < -0.3 is 10.2 Å². The number of carbonyl (C=O) groups is 1. The molecule has 0 bridgehead atoms. The second kappa shape index (κ2) is 4.57. The molecule has 0 saturated heterocycles. The van der Waals surface area contributed by atoms with Crippen LogP contribution in [0.1, 0.15) is 18.5 Å². The number of rotatable bonds is 4. The fourth-order valence-corrected chi connectivity index (χ4v) is 0.953. The summed E-state index contributed by atoms with van der Waals surface area (Å²) in [6.07, 6.45) is 6.40. The molecule has 14 heavy (non-hydrogen) atoms. The lowest BCUT2D eigenvalue weighted by Crippen LogP contribution is -2.15. The largest absolute Gasteiger partial charge is 0.480 e. The molecule has 5 heteroatoms. The third kappa shape index (κ3) is 2.43. The molecule has 0 aliphatic rings. The first-order valence-electron chi connectivity index (χ1n) is 4.19. The zero-order valence-electron chi connectivity index (χ0n) is 7.79. The Labute approximate surface area is 81.3 Å². The van der Waals surface area contributed by atoms with Gasteiger partial charge in [-0.1, -0.05) is 12.2 Å². The van der Waals surface area contributed by atoms with Crippen LogP contribution in [0.4, 0.5) is 0 Å². The number of aliphatic hydroxyl groups is 1. The fraction of sp³-hybridized carbons (Fsp3) is 0.333. The highest BCUT2D eigenvalue weighted by Gasteiger charge is 2.13. The highest BCUT2D eigenvalue weighted by Crippen LogP contribution is 2.07. The molecule has 1 heterocycles. The van der Waals surface area contributed by atoms with E-state index < -0.39 is 12.0 Å². The molecule has 1 aromatic rings. The van der Waals surface area contributed by atoms with Gasteiger partial charge in [0, 0.05) is 11.8 Å². The maximum atomic E-state index is 10.6. The van der Waals surface area contributed by atoms with Gasteiger partial charge >= 0.3 is 5.97 Å². The molecule has 0 saturated carbocycles. The minimum absolute atomic E-state index is 0.0420. The van der Waals surface area contributed by atoms with Gasteiger partial charge in [-0.15, -0.1) is 0 Å². The molecule has 1 aromatic heterocycles. The van der Waals surface area contributed by atoms with Gasteiger partial charge in [0.05, 0.1) is 12.8 Å². The number of carboxylic acid groups (broad SMARTS) is 1. The molecule has 0 radical (unpaired) electrons. The first-order chi connectivity index (χ1) is 6.65. The Kier molecular flexibility index (Phi) is 3.41. The Morgan fingerprint density at radius 3 is 3.07 bits per heavy atom. The molecule has 0 aromatic carbocycles. The van der Waals surface area contributed by atoms with Crippen molar-refractivity contribution in [1.82, 2.24) is 9.78 Å². The van der Waals surface area contributed by atoms with Crippen molar-refractivity contribution in [3.05, 3.63) is 24.0 Å². The van der Waals surface area contributed by atoms with E-state index in [1.165, 1.54) is 4.68 Å². The molecular weight excluding hydrogens is 184 g/mol. The maximum Gasteiger partial charge on any atom is 0.328 e. The van der Waals surface area contributed by atoms with Crippen LogP contribution in [0.3, 0.4) is 0 Å². The van der Waals surface area contributed by atoms with Gasteiger partial charge in [0.15, 0.2) is 0 Å². The van der Waals surface area contributed by atoms with E-state index in [9.17, 15) is 4.79 Å². The standard InChI is InChI=1S/C9H12N2O3/c1-7(9(13)14)11-6-8(5-10-11)3-2-4-12/h2-3,5-7,12H,4H2,1H3,(H,13,14)/t7-/m0/s1. The topological polar surface area (TPSA) is 75.3 Å². The summed E-state index contributed by atoms with van der Waals surface area (Å²) in [4.78, 5) is 10.6. The van der Waals surface area contributed by atoms with E-state index in [1.54, 1.807) is 31.5 Å². The van der Waals surface area contributed by atoms with Gasteiger partial charge in [-0.3, -0.25) is 4.68 Å². The Hall–Kier alpha value is -1.62. The molecule has 1 rings (SSSR count). The molecule has 0 spiro atoms. The quantitative estimate of drug-likeness (QED) is 0.736. The molecule has 0 aliphatic carbocycles. The second-order valence-corrected chi connectivity index (χ2v) is 2.85. The number of nitrogens with zero attached hydrogens (tertiary/aromatic N) is 2. The van der Waals surface area contributed by atoms with Crippen LogP contribution in [-0.2, 0) is 4.79 Å². The van der Waals surface area contributed by atoms with Crippen molar-refractivity contribution in [2.45, 2.75) is 13.0 Å². The van der Waals surface area contributed by atoms with E-state index in [0.717, 1.165) is 5.56 Å². The summed E-state index contributed by atoms with van der Waals surface area (Å²) in [6, 6.07) is -0.675. The maximum absolute atomic E-state index is 10.6. The van der Waals surface area contributed by atoms with Gasteiger partial charge in [0.1, 0.15) is 6.04 Å². The molecular formula is C9H12N2O3. The van der Waals surface area contributed by atoms with Crippen LogP contribution in [0.2, 0.25) is 0 Å². The third-order valence-corrected chi connectivity index (χ3v) is 1.79. The van der Waals surface area contributed by atoms with Crippen LogP contribution in [-0.4, -0.2) is 32.6 Å². The van der Waals surface area contributed by atoms with Crippen LogP contribution in [0.5, 0.6) is 0 Å². The van der Waals surface area contributed by atoms with Crippen LogP contribution in [0, 0.1) is 0 Å². The summed E-state index contributed by atoms with van der Waals surface area (Å²) in [7, 11) is 0. The molecule has 76 valence electrons. The number of hydrogen-bond donors (Lipinski definition) is 2. The number of carboxylic acids is 1. The summed E-state index contributed by atoms with van der Waals surface area (Å²) in [5.74, 6) is -0.925. The monoisotopic (exact) mass is 196 g/mol. The lowest BCUT2D eigenvalue weighted by molar-refractivity contribution is -0.140. The second-order valence-electron chi connectivity index (χ2n) is 2.85. The minimum atomic E-state index is -0.925. The van der Waals surface area contributed by atoms with E-state index in [-0.39, 0.29) is 6.61 Å². The van der Waals surface area contributed by atoms with Crippen molar-refractivity contribution >= 4 is 12.0 Å². The van der Waals surface area contributed by atoms with Crippen molar-refractivity contribution in [3.63, 3.8) is 0 Å². The van der Waals surface area contributed by atoms with Gasteiger partial charge in [-0.25, -0.2) is 4.79 Å². The molecule has 0 aliphatic heterocycles. The highest BCUT2D eigenvalue weighted by molar-refractivity contribution is 5.71. The summed E-state index contributed by atoms with van der Waals surface area (Å²) in [5, 5.41) is 21.1. The smallest absolute Gasteiger partial charge is 0.328 e. The lowest BCUT2D eigenvalue weighted by atomic mass is 10.3. The van der Waals surface area contributed by atoms with E-state index in [4.69, 9.17) is 10.2 Å². The average molecular weight is 196 g/mol. The van der Waals surface area contributed by atoms with Crippen LogP contribution >= 0.6 is 0 Å². The summed E-state index contributed by atoms with van der Waals surface area (Å²) in [5.41, 5.74) is 0.771. The van der Waals surface area contributed by atoms with Crippen molar-refractivity contribution in [3.8, 4) is 0 Å². The number of aliphatic hydroxyl groups excluding tert-OH is 1. The summed E-state index contributed by atoms with van der Waals surface area (Å²) >= 11 is 0. The van der Waals surface area contributed by atoms with Crippen molar-refractivity contribution in [2.24, 2.45) is 0 Å². The predicted octanol–water partition coefficient (Wildman–Crippen LogP) is 0.534. The molecule has 0 amide bonds. The van der Waals surface area contributed by atoms with Crippen molar-refractivity contribution in [1.29, 1.82) is 0 Å². The Balaban J connectivity index is 2.77. The van der Waals surface area contributed by atoms with E-state index >= 15 is 0 Å². The molecule has 1 atom stereocenters. The molecule has 0 fully saturated rings.